The lowest BCUT2D eigenvalue weighted by molar-refractivity contribution is 0.100. The molecule has 2 fully saturated rings. The number of piperazine rings is 1. The van der Waals surface area contributed by atoms with Gasteiger partial charge in [0.1, 0.15) is 5.82 Å². The summed E-state index contributed by atoms with van der Waals surface area (Å²) in [5.41, 5.74) is 13.3. The number of carbonyl (C=O) groups excluding carboxylic acids is 1. The Morgan fingerprint density at radius 3 is 2.59 bits per heavy atom. The predicted octanol–water partition coefficient (Wildman–Crippen LogP) is 1.89. The van der Waals surface area contributed by atoms with E-state index < -0.39 is 11.7 Å². The highest BCUT2D eigenvalue weighted by Crippen LogP contribution is 2.28. The number of hydrogen-bond acceptors (Lipinski definition) is 8. The van der Waals surface area contributed by atoms with Gasteiger partial charge in [0, 0.05) is 38.3 Å². The Labute approximate surface area is 187 Å². The lowest BCUT2D eigenvalue weighted by Crippen LogP contribution is -2.44. The summed E-state index contributed by atoms with van der Waals surface area (Å²) >= 11 is 0. The number of nitrogens with zero attached hydrogens (tertiary/aromatic N) is 4. The van der Waals surface area contributed by atoms with Crippen LogP contribution in [-0.4, -0.2) is 66.1 Å². The van der Waals surface area contributed by atoms with Crippen LogP contribution in [0.4, 0.5) is 27.4 Å². The standard InChI is InChI=1S/C22H31FN8O/c1-30-6-8-31(9-7-30)15-10-14(12-26-13-15)27-21-16(20(25)32)11-17(23)22(29-21)28-19-5-3-2-4-18(19)24/h10-13,18-19H,2-9,24H2,1H3,(H2,25,32)(H2,27,28,29)/t18-,19+/m0/s1. The second-order valence-corrected chi connectivity index (χ2v) is 8.63. The van der Waals surface area contributed by atoms with E-state index in [1.807, 2.05) is 6.07 Å². The molecule has 0 spiro atoms. The van der Waals surface area contributed by atoms with E-state index in [1.54, 1.807) is 12.4 Å². The first-order chi connectivity index (χ1) is 15.4. The number of pyridine rings is 2. The summed E-state index contributed by atoms with van der Waals surface area (Å²) in [6.07, 6.45) is 7.27. The predicted molar refractivity (Wildman–Crippen MR) is 124 cm³/mol. The molecule has 10 heteroatoms. The first-order valence-corrected chi connectivity index (χ1v) is 11.1. The van der Waals surface area contributed by atoms with E-state index >= 15 is 0 Å². The summed E-state index contributed by atoms with van der Waals surface area (Å²) in [6, 6.07) is 2.92. The molecule has 0 unspecified atom stereocenters. The molecule has 1 saturated carbocycles. The summed E-state index contributed by atoms with van der Waals surface area (Å²) in [4.78, 5) is 25.2. The number of amides is 1. The average molecular weight is 443 g/mol. The Kier molecular flexibility index (Phi) is 6.71. The number of aromatic nitrogens is 2. The molecule has 1 aliphatic heterocycles. The zero-order chi connectivity index (χ0) is 22.7. The molecule has 9 nitrogen and oxygen atoms in total. The number of primary amides is 1. The highest BCUT2D eigenvalue weighted by molar-refractivity contribution is 5.98. The van der Waals surface area contributed by atoms with Gasteiger partial charge in [-0.1, -0.05) is 12.8 Å². The fraction of sp³-hybridized carbons (Fsp3) is 0.500. The lowest BCUT2D eigenvalue weighted by Gasteiger charge is -2.34. The largest absolute Gasteiger partial charge is 0.368 e. The minimum Gasteiger partial charge on any atom is -0.368 e. The van der Waals surface area contributed by atoms with E-state index in [2.05, 4.69) is 37.4 Å². The number of halogens is 1. The number of carbonyl (C=O) groups is 1. The summed E-state index contributed by atoms with van der Waals surface area (Å²) < 4.78 is 14.7. The number of hydrogen-bond donors (Lipinski definition) is 4. The maximum absolute atomic E-state index is 14.7. The van der Waals surface area contributed by atoms with Gasteiger partial charge < -0.3 is 31.9 Å². The van der Waals surface area contributed by atoms with E-state index in [-0.39, 0.29) is 29.3 Å². The maximum Gasteiger partial charge on any atom is 0.252 e. The van der Waals surface area contributed by atoms with Gasteiger partial charge in [-0.2, -0.15) is 0 Å². The highest BCUT2D eigenvalue weighted by Gasteiger charge is 2.24. The molecule has 2 aliphatic rings. The molecule has 0 aromatic carbocycles. The molecule has 2 atom stereocenters. The summed E-state index contributed by atoms with van der Waals surface area (Å²) in [7, 11) is 2.10. The molecule has 3 heterocycles. The zero-order valence-corrected chi connectivity index (χ0v) is 18.4. The van der Waals surface area contributed by atoms with Crippen LogP contribution in [0.15, 0.2) is 24.5 Å². The summed E-state index contributed by atoms with van der Waals surface area (Å²) in [5.74, 6) is -1.15. The van der Waals surface area contributed by atoms with Crippen LogP contribution in [0.25, 0.3) is 0 Å². The van der Waals surface area contributed by atoms with Gasteiger partial charge in [-0.05, 0) is 32.0 Å². The fourth-order valence-corrected chi connectivity index (χ4v) is 4.26. The first-order valence-electron chi connectivity index (χ1n) is 11.1. The molecule has 1 aliphatic carbocycles. The van der Waals surface area contributed by atoms with Crippen molar-refractivity contribution >= 4 is 28.9 Å². The van der Waals surface area contributed by atoms with E-state index in [1.165, 1.54) is 0 Å². The molecule has 0 bridgehead atoms. The van der Waals surface area contributed by atoms with Crippen LogP contribution in [-0.2, 0) is 0 Å². The van der Waals surface area contributed by atoms with Crippen molar-refractivity contribution in [2.75, 3.05) is 48.8 Å². The third-order valence-corrected chi connectivity index (χ3v) is 6.24. The van der Waals surface area contributed by atoms with Crippen LogP contribution in [0.1, 0.15) is 36.0 Å². The Hall–Kier alpha value is -2.98. The van der Waals surface area contributed by atoms with Crippen LogP contribution < -0.4 is 27.0 Å². The van der Waals surface area contributed by atoms with Crippen molar-refractivity contribution < 1.29 is 9.18 Å². The van der Waals surface area contributed by atoms with Gasteiger partial charge in [0.05, 0.1) is 29.3 Å². The third-order valence-electron chi connectivity index (χ3n) is 6.24. The Morgan fingerprint density at radius 1 is 1.12 bits per heavy atom. The smallest absolute Gasteiger partial charge is 0.252 e. The monoisotopic (exact) mass is 442 g/mol. The lowest BCUT2D eigenvalue weighted by atomic mass is 9.91. The van der Waals surface area contributed by atoms with Crippen LogP contribution in [0.5, 0.6) is 0 Å². The number of anilines is 4. The maximum atomic E-state index is 14.7. The average Bonchev–Trinajstić information content (AvgIpc) is 2.78. The van der Waals surface area contributed by atoms with Gasteiger partial charge in [0.25, 0.3) is 5.91 Å². The number of likely N-dealkylation sites (N-methyl/N-ethyl adjacent to an activating group) is 1. The topological polar surface area (TPSA) is 125 Å². The van der Waals surface area contributed by atoms with Crippen molar-refractivity contribution in [3.8, 4) is 0 Å². The van der Waals surface area contributed by atoms with E-state index in [0.717, 1.165) is 63.6 Å². The van der Waals surface area contributed by atoms with Gasteiger partial charge >= 0.3 is 0 Å². The second-order valence-electron chi connectivity index (χ2n) is 8.63. The number of nitrogens with one attached hydrogen (secondary N) is 2. The van der Waals surface area contributed by atoms with Crippen molar-refractivity contribution in [3.05, 3.63) is 35.9 Å². The molecule has 0 radical (unpaired) electrons. The van der Waals surface area contributed by atoms with Crippen LogP contribution in [0.3, 0.4) is 0 Å². The van der Waals surface area contributed by atoms with Gasteiger partial charge in [0.2, 0.25) is 0 Å². The molecule has 1 amide bonds. The first kappa shape index (κ1) is 22.2. The third kappa shape index (κ3) is 5.08. The molecular weight excluding hydrogens is 411 g/mol. The molecule has 2 aromatic heterocycles. The van der Waals surface area contributed by atoms with Crippen molar-refractivity contribution in [1.82, 2.24) is 14.9 Å². The zero-order valence-electron chi connectivity index (χ0n) is 18.4. The summed E-state index contributed by atoms with van der Waals surface area (Å²) in [6.45, 7) is 3.75. The summed E-state index contributed by atoms with van der Waals surface area (Å²) in [5, 5.41) is 6.24. The van der Waals surface area contributed by atoms with Crippen molar-refractivity contribution in [3.63, 3.8) is 0 Å². The quantitative estimate of drug-likeness (QED) is 0.534. The normalized spacial score (nSPS) is 21.9. The van der Waals surface area contributed by atoms with Crippen LogP contribution >= 0.6 is 0 Å². The Balaban J connectivity index is 1.58. The van der Waals surface area contributed by atoms with Gasteiger partial charge in [0.15, 0.2) is 11.6 Å². The minimum absolute atomic E-state index is 0.0222. The molecule has 172 valence electrons. The number of rotatable bonds is 6. The van der Waals surface area contributed by atoms with E-state index in [0.29, 0.717) is 5.69 Å². The molecule has 6 N–H and O–H groups in total. The molecular formula is C22H31FN8O. The highest BCUT2D eigenvalue weighted by atomic mass is 19.1. The Morgan fingerprint density at radius 2 is 1.88 bits per heavy atom. The number of nitrogens with two attached hydrogens (primary N) is 2. The van der Waals surface area contributed by atoms with Gasteiger partial charge in [-0.3, -0.25) is 9.78 Å². The van der Waals surface area contributed by atoms with Crippen molar-refractivity contribution in [1.29, 1.82) is 0 Å². The van der Waals surface area contributed by atoms with E-state index in [9.17, 15) is 9.18 Å². The molecule has 1 saturated heterocycles. The molecule has 32 heavy (non-hydrogen) atoms. The molecule has 4 rings (SSSR count). The van der Waals surface area contributed by atoms with E-state index in [4.69, 9.17) is 11.5 Å². The fourth-order valence-electron chi connectivity index (χ4n) is 4.26. The van der Waals surface area contributed by atoms with Gasteiger partial charge in [-0.25, -0.2) is 9.37 Å². The second kappa shape index (κ2) is 9.66. The Bertz CT molecular complexity index is 963. The molecule has 2 aromatic rings. The van der Waals surface area contributed by atoms with Crippen molar-refractivity contribution in [2.45, 2.75) is 37.8 Å². The SMILES string of the molecule is CN1CCN(c2cncc(Nc3nc(N[C@@H]4CCCC[C@@H]4N)c(F)cc3C(N)=O)c2)CC1. The van der Waals surface area contributed by atoms with Gasteiger partial charge in [-0.15, -0.1) is 0 Å². The van der Waals surface area contributed by atoms with Crippen LogP contribution in [0.2, 0.25) is 0 Å². The van der Waals surface area contributed by atoms with Crippen LogP contribution in [0, 0.1) is 5.82 Å². The van der Waals surface area contributed by atoms with Crippen molar-refractivity contribution in [2.24, 2.45) is 11.5 Å². The minimum atomic E-state index is -0.761.